The summed E-state index contributed by atoms with van der Waals surface area (Å²) in [6, 6.07) is 6.27. The lowest BCUT2D eigenvalue weighted by Gasteiger charge is -2.31. The van der Waals surface area contributed by atoms with E-state index in [2.05, 4.69) is 38.3 Å². The van der Waals surface area contributed by atoms with Crippen molar-refractivity contribution >= 4 is 21.6 Å². The van der Waals surface area contributed by atoms with E-state index in [0.29, 0.717) is 6.54 Å². The molecule has 0 unspecified atom stereocenters. The molecule has 15 heavy (non-hydrogen) atoms. The Labute approximate surface area is 98.8 Å². The van der Waals surface area contributed by atoms with E-state index in [4.69, 9.17) is 5.73 Å². The maximum absolute atomic E-state index is 5.79. The van der Waals surface area contributed by atoms with Crippen molar-refractivity contribution in [2.45, 2.75) is 6.54 Å². The van der Waals surface area contributed by atoms with Crippen LogP contribution in [0.2, 0.25) is 0 Å². The summed E-state index contributed by atoms with van der Waals surface area (Å²) in [5, 5.41) is 3.35. The number of halogens is 1. The van der Waals surface area contributed by atoms with E-state index in [-0.39, 0.29) is 0 Å². The van der Waals surface area contributed by atoms with Gasteiger partial charge < -0.3 is 16.0 Å². The molecule has 1 aliphatic heterocycles. The van der Waals surface area contributed by atoms with Gasteiger partial charge in [0.1, 0.15) is 0 Å². The average Bonchev–Trinajstić information content (AvgIpc) is 2.30. The molecule has 0 saturated carbocycles. The van der Waals surface area contributed by atoms with Crippen molar-refractivity contribution in [2.24, 2.45) is 5.73 Å². The molecule has 0 radical (unpaired) electrons. The van der Waals surface area contributed by atoms with Gasteiger partial charge in [0, 0.05) is 48.4 Å². The Kier molecular flexibility index (Phi) is 3.61. The topological polar surface area (TPSA) is 41.3 Å². The molecule has 4 heteroatoms. The SMILES string of the molecule is NCc1c(Br)cccc1N1CCNCC1. The summed E-state index contributed by atoms with van der Waals surface area (Å²) >= 11 is 3.55. The minimum Gasteiger partial charge on any atom is -0.369 e. The Balaban J connectivity index is 2.29. The summed E-state index contributed by atoms with van der Waals surface area (Å²) in [7, 11) is 0. The van der Waals surface area contributed by atoms with Crippen molar-refractivity contribution in [3.8, 4) is 0 Å². The Morgan fingerprint density at radius 2 is 2.07 bits per heavy atom. The van der Waals surface area contributed by atoms with Crippen molar-refractivity contribution in [1.29, 1.82) is 0 Å². The van der Waals surface area contributed by atoms with Crippen molar-refractivity contribution in [3.05, 3.63) is 28.2 Å². The normalized spacial score (nSPS) is 16.8. The maximum atomic E-state index is 5.79. The molecule has 0 amide bonds. The number of rotatable bonds is 2. The Morgan fingerprint density at radius 1 is 1.33 bits per heavy atom. The van der Waals surface area contributed by atoms with Gasteiger partial charge in [0.25, 0.3) is 0 Å². The number of anilines is 1. The first-order chi connectivity index (χ1) is 7.33. The number of hydrogen-bond donors (Lipinski definition) is 2. The van der Waals surface area contributed by atoms with E-state index in [9.17, 15) is 0 Å². The minimum absolute atomic E-state index is 0.584. The molecule has 1 aliphatic rings. The fourth-order valence-electron chi connectivity index (χ4n) is 1.95. The van der Waals surface area contributed by atoms with E-state index >= 15 is 0 Å². The van der Waals surface area contributed by atoms with Crippen molar-refractivity contribution in [3.63, 3.8) is 0 Å². The number of benzene rings is 1. The van der Waals surface area contributed by atoms with E-state index < -0.39 is 0 Å². The highest BCUT2D eigenvalue weighted by atomic mass is 79.9. The summed E-state index contributed by atoms with van der Waals surface area (Å²) in [6.07, 6.45) is 0. The van der Waals surface area contributed by atoms with Gasteiger partial charge >= 0.3 is 0 Å². The number of nitrogens with one attached hydrogen (secondary N) is 1. The largest absolute Gasteiger partial charge is 0.369 e. The van der Waals surface area contributed by atoms with Crippen LogP contribution in [0.1, 0.15) is 5.56 Å². The van der Waals surface area contributed by atoms with Crippen LogP contribution < -0.4 is 16.0 Å². The number of nitrogens with zero attached hydrogens (tertiary/aromatic N) is 1. The fourth-order valence-corrected chi connectivity index (χ4v) is 2.47. The Bertz CT molecular complexity index is 335. The second kappa shape index (κ2) is 4.96. The molecule has 1 fully saturated rings. The van der Waals surface area contributed by atoms with Crippen molar-refractivity contribution < 1.29 is 0 Å². The summed E-state index contributed by atoms with van der Waals surface area (Å²) < 4.78 is 1.11. The third-order valence-corrected chi connectivity index (χ3v) is 3.50. The highest BCUT2D eigenvalue weighted by Gasteiger charge is 2.14. The summed E-state index contributed by atoms with van der Waals surface area (Å²) in [5.74, 6) is 0. The number of nitrogens with two attached hydrogens (primary N) is 1. The van der Waals surface area contributed by atoms with Gasteiger partial charge in [-0.2, -0.15) is 0 Å². The zero-order valence-electron chi connectivity index (χ0n) is 8.67. The van der Waals surface area contributed by atoms with E-state index in [1.807, 2.05) is 6.07 Å². The second-order valence-electron chi connectivity index (χ2n) is 3.68. The molecule has 0 aliphatic carbocycles. The van der Waals surface area contributed by atoms with Crippen LogP contribution in [0.5, 0.6) is 0 Å². The molecule has 3 nitrogen and oxygen atoms in total. The highest BCUT2D eigenvalue weighted by molar-refractivity contribution is 9.10. The first kappa shape index (κ1) is 10.9. The molecule has 1 saturated heterocycles. The van der Waals surface area contributed by atoms with Crippen LogP contribution in [0.3, 0.4) is 0 Å². The van der Waals surface area contributed by atoms with Gasteiger partial charge in [0.2, 0.25) is 0 Å². The fraction of sp³-hybridized carbons (Fsp3) is 0.455. The van der Waals surface area contributed by atoms with Gasteiger partial charge in [-0.1, -0.05) is 22.0 Å². The molecule has 2 rings (SSSR count). The van der Waals surface area contributed by atoms with Crippen LogP contribution in [-0.4, -0.2) is 26.2 Å². The van der Waals surface area contributed by atoms with E-state index in [1.165, 1.54) is 11.3 Å². The molecule has 0 aromatic heterocycles. The lowest BCUT2D eigenvalue weighted by Crippen LogP contribution is -2.44. The van der Waals surface area contributed by atoms with Crippen LogP contribution in [0.15, 0.2) is 22.7 Å². The van der Waals surface area contributed by atoms with E-state index in [1.54, 1.807) is 0 Å². The van der Waals surface area contributed by atoms with Crippen molar-refractivity contribution in [2.75, 3.05) is 31.1 Å². The lowest BCUT2D eigenvalue weighted by atomic mass is 10.1. The molecular formula is C11H16BrN3. The van der Waals surface area contributed by atoms with Gasteiger partial charge in [-0.05, 0) is 12.1 Å². The third kappa shape index (κ3) is 2.33. The highest BCUT2D eigenvalue weighted by Crippen LogP contribution is 2.27. The van der Waals surface area contributed by atoms with Gasteiger partial charge in [0.05, 0.1) is 0 Å². The second-order valence-corrected chi connectivity index (χ2v) is 4.53. The predicted octanol–water partition coefficient (Wildman–Crippen LogP) is 1.32. The standard InChI is InChI=1S/C11H16BrN3/c12-10-2-1-3-11(9(10)8-13)15-6-4-14-5-7-15/h1-3,14H,4-8,13H2. The molecular weight excluding hydrogens is 254 g/mol. The molecule has 0 atom stereocenters. The lowest BCUT2D eigenvalue weighted by molar-refractivity contribution is 0.587. The first-order valence-electron chi connectivity index (χ1n) is 5.26. The third-order valence-electron chi connectivity index (χ3n) is 2.76. The smallest absolute Gasteiger partial charge is 0.0424 e. The molecule has 0 bridgehead atoms. The molecule has 1 aromatic rings. The van der Waals surface area contributed by atoms with Crippen LogP contribution in [0.4, 0.5) is 5.69 Å². The summed E-state index contributed by atoms with van der Waals surface area (Å²) in [4.78, 5) is 2.39. The monoisotopic (exact) mass is 269 g/mol. The Morgan fingerprint density at radius 3 is 2.73 bits per heavy atom. The van der Waals surface area contributed by atoms with Crippen LogP contribution in [0, 0.1) is 0 Å². The summed E-state index contributed by atoms with van der Waals surface area (Å²) in [6.45, 7) is 4.81. The first-order valence-corrected chi connectivity index (χ1v) is 6.05. The quantitative estimate of drug-likeness (QED) is 0.851. The zero-order valence-corrected chi connectivity index (χ0v) is 10.3. The molecule has 1 heterocycles. The van der Waals surface area contributed by atoms with Gasteiger partial charge in [0.15, 0.2) is 0 Å². The van der Waals surface area contributed by atoms with Crippen LogP contribution in [0.25, 0.3) is 0 Å². The van der Waals surface area contributed by atoms with Gasteiger partial charge in [-0.3, -0.25) is 0 Å². The van der Waals surface area contributed by atoms with Crippen LogP contribution >= 0.6 is 15.9 Å². The zero-order chi connectivity index (χ0) is 10.7. The predicted molar refractivity (Wildman–Crippen MR) is 67.1 cm³/mol. The van der Waals surface area contributed by atoms with Gasteiger partial charge in [-0.25, -0.2) is 0 Å². The number of piperazine rings is 1. The molecule has 3 N–H and O–H groups in total. The molecule has 0 spiro atoms. The average molecular weight is 270 g/mol. The molecule has 82 valence electrons. The van der Waals surface area contributed by atoms with E-state index in [0.717, 1.165) is 30.7 Å². The van der Waals surface area contributed by atoms with Crippen molar-refractivity contribution in [1.82, 2.24) is 5.32 Å². The molecule has 1 aromatic carbocycles. The summed E-state index contributed by atoms with van der Waals surface area (Å²) in [5.41, 5.74) is 8.27. The maximum Gasteiger partial charge on any atom is 0.0424 e. The van der Waals surface area contributed by atoms with Crippen LogP contribution in [-0.2, 0) is 6.54 Å². The Hall–Kier alpha value is -0.580. The van der Waals surface area contributed by atoms with Gasteiger partial charge in [-0.15, -0.1) is 0 Å². The number of hydrogen-bond acceptors (Lipinski definition) is 3. The minimum atomic E-state index is 0.584.